The molecular weight excluding hydrogens is 348 g/mol. The fourth-order valence-corrected chi connectivity index (χ4v) is 4.32. The molecule has 2 saturated heterocycles. The van der Waals surface area contributed by atoms with Crippen LogP contribution in [0.3, 0.4) is 0 Å². The van der Waals surface area contributed by atoms with E-state index in [4.69, 9.17) is 0 Å². The SMILES string of the molecule is Cc1cccc(N2CCN(c3cncc(C(=O)N4CCCC(C)C4)c3)CC2)c1. The number of likely N-dealkylation sites (tertiary alicyclic amines) is 1. The van der Waals surface area contributed by atoms with Crippen molar-refractivity contribution in [1.29, 1.82) is 0 Å². The van der Waals surface area contributed by atoms with Crippen LogP contribution in [0.5, 0.6) is 0 Å². The molecule has 1 aromatic heterocycles. The Labute approximate surface area is 168 Å². The predicted octanol–water partition coefficient (Wildman–Crippen LogP) is 3.59. The highest BCUT2D eigenvalue weighted by Gasteiger charge is 2.24. The van der Waals surface area contributed by atoms with E-state index in [1.807, 2.05) is 17.2 Å². The quantitative estimate of drug-likeness (QED) is 0.818. The van der Waals surface area contributed by atoms with Crippen molar-refractivity contribution in [3.63, 3.8) is 0 Å². The molecular formula is C23H30N4O. The fraction of sp³-hybridized carbons (Fsp3) is 0.478. The van der Waals surface area contributed by atoms with Crippen molar-refractivity contribution in [3.8, 4) is 0 Å². The van der Waals surface area contributed by atoms with E-state index < -0.39 is 0 Å². The Kier molecular flexibility index (Phi) is 5.51. The summed E-state index contributed by atoms with van der Waals surface area (Å²) in [5.74, 6) is 0.711. The molecule has 2 aliphatic rings. The van der Waals surface area contributed by atoms with Crippen LogP contribution in [-0.4, -0.2) is 55.1 Å². The molecule has 0 aliphatic carbocycles. The van der Waals surface area contributed by atoms with Gasteiger partial charge in [0.2, 0.25) is 0 Å². The second-order valence-electron chi connectivity index (χ2n) is 8.24. The normalized spacial score (nSPS) is 20.4. The molecule has 1 unspecified atom stereocenters. The summed E-state index contributed by atoms with van der Waals surface area (Å²) < 4.78 is 0. The van der Waals surface area contributed by atoms with E-state index in [-0.39, 0.29) is 5.91 Å². The zero-order valence-corrected chi connectivity index (χ0v) is 17.0. The van der Waals surface area contributed by atoms with Gasteiger partial charge in [-0.1, -0.05) is 19.1 Å². The van der Waals surface area contributed by atoms with Gasteiger partial charge >= 0.3 is 0 Å². The smallest absolute Gasteiger partial charge is 0.255 e. The first kappa shape index (κ1) is 18.8. The molecule has 0 radical (unpaired) electrons. The van der Waals surface area contributed by atoms with Crippen molar-refractivity contribution >= 4 is 17.3 Å². The maximum absolute atomic E-state index is 12.9. The van der Waals surface area contributed by atoms with Gasteiger partial charge in [-0.25, -0.2) is 0 Å². The van der Waals surface area contributed by atoms with Gasteiger partial charge in [-0.15, -0.1) is 0 Å². The average molecular weight is 379 g/mol. The minimum Gasteiger partial charge on any atom is -0.368 e. The van der Waals surface area contributed by atoms with E-state index in [9.17, 15) is 4.79 Å². The minimum atomic E-state index is 0.124. The molecule has 3 heterocycles. The molecule has 2 aliphatic heterocycles. The molecule has 4 rings (SSSR count). The van der Waals surface area contributed by atoms with Crippen LogP contribution in [0, 0.1) is 12.8 Å². The molecule has 5 nitrogen and oxygen atoms in total. The molecule has 0 bridgehead atoms. The van der Waals surface area contributed by atoms with Gasteiger partial charge in [-0.2, -0.15) is 0 Å². The van der Waals surface area contributed by atoms with Crippen molar-refractivity contribution in [3.05, 3.63) is 53.9 Å². The number of nitrogens with zero attached hydrogens (tertiary/aromatic N) is 4. The molecule has 0 N–H and O–H groups in total. The Morgan fingerprint density at radius 3 is 2.46 bits per heavy atom. The van der Waals surface area contributed by atoms with Crippen molar-refractivity contribution < 1.29 is 4.79 Å². The average Bonchev–Trinajstić information content (AvgIpc) is 2.73. The number of pyridine rings is 1. The standard InChI is InChI=1S/C23H30N4O/c1-18-5-3-7-21(13-18)25-9-11-26(12-10-25)22-14-20(15-24-16-22)23(28)27-8-4-6-19(2)17-27/h3,5,7,13-16,19H,4,6,8-12,17H2,1-2H3. The minimum absolute atomic E-state index is 0.124. The number of aryl methyl sites for hydroxylation is 1. The van der Waals surface area contributed by atoms with Gasteiger partial charge in [0.05, 0.1) is 17.4 Å². The van der Waals surface area contributed by atoms with E-state index in [0.717, 1.165) is 51.4 Å². The zero-order chi connectivity index (χ0) is 19.5. The number of piperidine rings is 1. The van der Waals surface area contributed by atoms with Crippen LogP contribution in [0.2, 0.25) is 0 Å². The summed E-state index contributed by atoms with van der Waals surface area (Å²) in [5.41, 5.74) is 4.36. The van der Waals surface area contributed by atoms with Gasteiger partial charge in [-0.05, 0) is 49.4 Å². The lowest BCUT2D eigenvalue weighted by molar-refractivity contribution is 0.0682. The maximum Gasteiger partial charge on any atom is 0.255 e. The number of carbonyl (C=O) groups is 1. The Morgan fingerprint density at radius 1 is 1.00 bits per heavy atom. The van der Waals surface area contributed by atoms with E-state index in [0.29, 0.717) is 11.5 Å². The molecule has 148 valence electrons. The summed E-state index contributed by atoms with van der Waals surface area (Å²) in [4.78, 5) is 24.1. The molecule has 0 saturated carbocycles. The summed E-state index contributed by atoms with van der Waals surface area (Å²) in [6.07, 6.45) is 5.92. The largest absolute Gasteiger partial charge is 0.368 e. The van der Waals surface area contributed by atoms with Crippen molar-refractivity contribution in [2.75, 3.05) is 49.1 Å². The summed E-state index contributed by atoms with van der Waals surface area (Å²) in [6, 6.07) is 10.7. The molecule has 28 heavy (non-hydrogen) atoms. The van der Waals surface area contributed by atoms with E-state index >= 15 is 0 Å². The molecule has 2 fully saturated rings. The third-order valence-electron chi connectivity index (χ3n) is 5.93. The first-order chi connectivity index (χ1) is 13.6. The van der Waals surface area contributed by atoms with E-state index in [2.05, 4.69) is 52.9 Å². The molecule has 1 aromatic carbocycles. The maximum atomic E-state index is 12.9. The highest BCUT2D eigenvalue weighted by molar-refractivity contribution is 5.94. The van der Waals surface area contributed by atoms with Gasteiger partial charge in [-0.3, -0.25) is 9.78 Å². The number of rotatable bonds is 3. The zero-order valence-electron chi connectivity index (χ0n) is 17.0. The van der Waals surface area contributed by atoms with Crippen LogP contribution in [0.15, 0.2) is 42.7 Å². The first-order valence-corrected chi connectivity index (χ1v) is 10.4. The number of amides is 1. The summed E-state index contributed by atoms with van der Waals surface area (Å²) in [7, 11) is 0. The van der Waals surface area contributed by atoms with Crippen molar-refractivity contribution in [2.45, 2.75) is 26.7 Å². The highest BCUT2D eigenvalue weighted by Crippen LogP contribution is 2.23. The van der Waals surface area contributed by atoms with Crippen molar-refractivity contribution in [2.24, 2.45) is 5.92 Å². The van der Waals surface area contributed by atoms with Crippen LogP contribution in [-0.2, 0) is 0 Å². The van der Waals surface area contributed by atoms with E-state index in [1.165, 1.54) is 17.7 Å². The van der Waals surface area contributed by atoms with Gasteiger partial charge < -0.3 is 14.7 Å². The van der Waals surface area contributed by atoms with Crippen LogP contribution < -0.4 is 9.80 Å². The van der Waals surface area contributed by atoms with Gasteiger partial charge in [0.1, 0.15) is 0 Å². The lowest BCUT2D eigenvalue weighted by Crippen LogP contribution is -2.46. The number of anilines is 2. The lowest BCUT2D eigenvalue weighted by Gasteiger charge is -2.37. The summed E-state index contributed by atoms with van der Waals surface area (Å²) in [6.45, 7) is 9.91. The second kappa shape index (κ2) is 8.21. The molecule has 1 amide bonds. The Bertz CT molecular complexity index is 829. The number of piperazine rings is 1. The summed E-state index contributed by atoms with van der Waals surface area (Å²) in [5, 5.41) is 0. The van der Waals surface area contributed by atoms with Gasteiger partial charge in [0, 0.05) is 51.2 Å². The molecule has 0 spiro atoms. The monoisotopic (exact) mass is 378 g/mol. The Morgan fingerprint density at radius 2 is 1.75 bits per heavy atom. The molecule has 1 atom stereocenters. The van der Waals surface area contributed by atoms with Crippen molar-refractivity contribution in [1.82, 2.24) is 9.88 Å². The number of hydrogen-bond donors (Lipinski definition) is 0. The van der Waals surface area contributed by atoms with Gasteiger partial charge in [0.25, 0.3) is 5.91 Å². The number of carbonyl (C=O) groups excluding carboxylic acids is 1. The third-order valence-corrected chi connectivity index (χ3v) is 5.93. The van der Waals surface area contributed by atoms with Crippen LogP contribution in [0.1, 0.15) is 35.7 Å². The predicted molar refractivity (Wildman–Crippen MR) is 114 cm³/mol. The number of benzene rings is 1. The molecule has 2 aromatic rings. The highest BCUT2D eigenvalue weighted by atomic mass is 16.2. The second-order valence-corrected chi connectivity index (χ2v) is 8.24. The third kappa shape index (κ3) is 4.13. The van der Waals surface area contributed by atoms with Crippen LogP contribution in [0.4, 0.5) is 11.4 Å². The first-order valence-electron chi connectivity index (χ1n) is 10.4. The number of aromatic nitrogens is 1. The molecule has 5 heteroatoms. The lowest BCUT2D eigenvalue weighted by atomic mass is 10.00. The Balaban J connectivity index is 1.42. The van der Waals surface area contributed by atoms with E-state index in [1.54, 1.807) is 6.20 Å². The summed E-state index contributed by atoms with van der Waals surface area (Å²) >= 11 is 0. The number of hydrogen-bond acceptors (Lipinski definition) is 4. The van der Waals surface area contributed by atoms with Crippen LogP contribution in [0.25, 0.3) is 0 Å². The fourth-order valence-electron chi connectivity index (χ4n) is 4.32. The Hall–Kier alpha value is -2.56. The topological polar surface area (TPSA) is 39.7 Å². The van der Waals surface area contributed by atoms with Gasteiger partial charge in [0.15, 0.2) is 0 Å². The van der Waals surface area contributed by atoms with Crippen LogP contribution >= 0.6 is 0 Å².